The quantitative estimate of drug-likeness (QED) is 0.671. The Morgan fingerprint density at radius 3 is 2.24 bits per heavy atom. The lowest BCUT2D eigenvalue weighted by Crippen LogP contribution is -2.12. The molecule has 0 spiro atoms. The second-order valence-corrected chi connectivity index (χ2v) is 4.54. The van der Waals surface area contributed by atoms with E-state index in [0.717, 1.165) is 5.56 Å². The van der Waals surface area contributed by atoms with Crippen LogP contribution in [0, 0.1) is 6.92 Å². The highest BCUT2D eigenvalue weighted by Crippen LogP contribution is 2.24. The number of nitrogens with one attached hydrogen (secondary N) is 1. The molecule has 0 heterocycles. The van der Waals surface area contributed by atoms with E-state index in [1.54, 1.807) is 18.2 Å². The third-order valence-corrected chi connectivity index (χ3v) is 2.97. The van der Waals surface area contributed by atoms with Crippen LogP contribution in [0.2, 0.25) is 0 Å². The fourth-order valence-electron chi connectivity index (χ4n) is 1.82. The molecular weight excluding hydrogens is 270 g/mol. The Morgan fingerprint density at radius 2 is 1.67 bits per heavy atom. The summed E-state index contributed by atoms with van der Waals surface area (Å²) in [7, 11) is 1.29. The largest absolute Gasteiger partial charge is 0.506 e. The Morgan fingerprint density at radius 1 is 1.05 bits per heavy atom. The first-order chi connectivity index (χ1) is 10.0. The van der Waals surface area contributed by atoms with Crippen LogP contribution < -0.4 is 5.32 Å². The number of amides is 1. The molecule has 2 rings (SSSR count). The summed E-state index contributed by atoms with van der Waals surface area (Å²) in [5.74, 6) is -0.821. The van der Waals surface area contributed by atoms with Crippen LogP contribution in [0.3, 0.4) is 0 Å². The van der Waals surface area contributed by atoms with E-state index in [4.69, 9.17) is 0 Å². The van der Waals surface area contributed by atoms with Gasteiger partial charge in [0.1, 0.15) is 5.75 Å². The minimum Gasteiger partial charge on any atom is -0.506 e. The zero-order valence-electron chi connectivity index (χ0n) is 11.7. The number of ether oxygens (including phenoxy) is 1. The van der Waals surface area contributed by atoms with Crippen LogP contribution in [0.1, 0.15) is 26.3 Å². The Kier molecular flexibility index (Phi) is 4.23. The zero-order chi connectivity index (χ0) is 15.4. The van der Waals surface area contributed by atoms with Gasteiger partial charge in [-0.25, -0.2) is 4.79 Å². The number of hydrogen-bond donors (Lipinski definition) is 2. The Labute approximate surface area is 122 Å². The maximum atomic E-state index is 12.1. The van der Waals surface area contributed by atoms with Crippen molar-refractivity contribution in [2.45, 2.75) is 6.92 Å². The number of esters is 1. The molecule has 2 N–H and O–H groups in total. The number of benzene rings is 2. The lowest BCUT2D eigenvalue weighted by molar-refractivity contribution is 0.0600. The summed E-state index contributed by atoms with van der Waals surface area (Å²) in [6.45, 7) is 1.84. The van der Waals surface area contributed by atoms with E-state index in [1.807, 2.05) is 6.92 Å². The number of anilines is 1. The fourth-order valence-corrected chi connectivity index (χ4v) is 1.82. The first-order valence-electron chi connectivity index (χ1n) is 6.30. The van der Waals surface area contributed by atoms with Gasteiger partial charge in [0.2, 0.25) is 0 Å². The number of rotatable bonds is 3. The van der Waals surface area contributed by atoms with Crippen LogP contribution in [0.5, 0.6) is 5.75 Å². The lowest BCUT2D eigenvalue weighted by Gasteiger charge is -2.08. The van der Waals surface area contributed by atoms with Crippen molar-refractivity contribution >= 4 is 17.6 Å². The standard InChI is InChI=1S/C16H15NO4/c1-10-3-8-13(14(18)9-10)17-15(19)11-4-6-12(7-5-11)16(20)21-2/h3-9,18H,1-2H3,(H,17,19). The van der Waals surface area contributed by atoms with Crippen molar-refractivity contribution in [3.63, 3.8) is 0 Å². The van der Waals surface area contributed by atoms with Crippen molar-refractivity contribution in [2.75, 3.05) is 12.4 Å². The second-order valence-electron chi connectivity index (χ2n) is 4.54. The molecule has 0 aliphatic carbocycles. The summed E-state index contributed by atoms with van der Waals surface area (Å²) >= 11 is 0. The number of hydrogen-bond acceptors (Lipinski definition) is 4. The van der Waals surface area contributed by atoms with Gasteiger partial charge in [0.25, 0.3) is 5.91 Å². The molecule has 0 aliphatic rings. The normalized spacial score (nSPS) is 10.0. The van der Waals surface area contributed by atoms with Gasteiger partial charge < -0.3 is 15.2 Å². The monoisotopic (exact) mass is 285 g/mol. The van der Waals surface area contributed by atoms with Crippen molar-refractivity contribution in [2.24, 2.45) is 0 Å². The first kappa shape index (κ1) is 14.6. The van der Waals surface area contributed by atoms with Gasteiger partial charge in [-0.1, -0.05) is 6.07 Å². The number of phenols is 1. The Balaban J connectivity index is 2.15. The first-order valence-corrected chi connectivity index (χ1v) is 6.30. The maximum Gasteiger partial charge on any atom is 0.337 e. The van der Waals surface area contributed by atoms with Crippen LogP contribution in [0.15, 0.2) is 42.5 Å². The second kappa shape index (κ2) is 6.09. The minimum atomic E-state index is -0.460. The maximum absolute atomic E-state index is 12.1. The molecule has 0 unspecified atom stereocenters. The van der Waals surface area contributed by atoms with Gasteiger partial charge >= 0.3 is 5.97 Å². The molecular formula is C16H15NO4. The van der Waals surface area contributed by atoms with Crippen molar-refractivity contribution in [3.8, 4) is 5.75 Å². The van der Waals surface area contributed by atoms with E-state index in [-0.39, 0.29) is 11.7 Å². The molecule has 5 nitrogen and oxygen atoms in total. The highest BCUT2D eigenvalue weighted by Gasteiger charge is 2.11. The third-order valence-electron chi connectivity index (χ3n) is 2.97. The van der Waals surface area contributed by atoms with E-state index < -0.39 is 5.97 Å². The predicted molar refractivity (Wildman–Crippen MR) is 78.6 cm³/mol. The molecule has 0 bridgehead atoms. The fraction of sp³-hybridized carbons (Fsp3) is 0.125. The molecule has 2 aromatic rings. The summed E-state index contributed by atoms with van der Waals surface area (Å²) in [6.07, 6.45) is 0. The number of aryl methyl sites for hydroxylation is 1. The number of methoxy groups -OCH3 is 1. The number of carbonyl (C=O) groups excluding carboxylic acids is 2. The van der Waals surface area contributed by atoms with Gasteiger partial charge in [0, 0.05) is 5.56 Å². The summed E-state index contributed by atoms with van der Waals surface area (Å²) in [5.41, 5.74) is 1.98. The van der Waals surface area contributed by atoms with E-state index in [2.05, 4.69) is 10.1 Å². The highest BCUT2D eigenvalue weighted by molar-refractivity contribution is 6.05. The number of phenolic OH excluding ortho intramolecular Hbond substituents is 1. The smallest absolute Gasteiger partial charge is 0.337 e. The molecule has 0 atom stereocenters. The molecule has 0 saturated carbocycles. The van der Waals surface area contributed by atoms with E-state index in [9.17, 15) is 14.7 Å². The molecule has 0 fully saturated rings. The Bertz CT molecular complexity index is 677. The van der Waals surface area contributed by atoms with Crippen LogP contribution in [-0.2, 0) is 4.74 Å². The lowest BCUT2D eigenvalue weighted by atomic mass is 10.1. The number of aromatic hydroxyl groups is 1. The van der Waals surface area contributed by atoms with Crippen molar-refractivity contribution in [1.29, 1.82) is 0 Å². The zero-order valence-corrected chi connectivity index (χ0v) is 11.7. The van der Waals surface area contributed by atoms with Crippen molar-refractivity contribution in [1.82, 2.24) is 0 Å². The highest BCUT2D eigenvalue weighted by atomic mass is 16.5. The average molecular weight is 285 g/mol. The molecule has 0 aromatic heterocycles. The molecule has 0 aliphatic heterocycles. The molecule has 0 saturated heterocycles. The van der Waals surface area contributed by atoms with Gasteiger partial charge in [0.15, 0.2) is 0 Å². The van der Waals surface area contributed by atoms with Gasteiger partial charge in [0.05, 0.1) is 18.4 Å². The van der Waals surface area contributed by atoms with Gasteiger partial charge in [-0.15, -0.1) is 0 Å². The number of carbonyl (C=O) groups is 2. The average Bonchev–Trinajstić information content (AvgIpc) is 2.49. The van der Waals surface area contributed by atoms with Gasteiger partial charge in [-0.05, 0) is 48.9 Å². The van der Waals surface area contributed by atoms with Crippen molar-refractivity contribution < 1.29 is 19.4 Å². The van der Waals surface area contributed by atoms with E-state index in [0.29, 0.717) is 16.8 Å². The summed E-state index contributed by atoms with van der Waals surface area (Å²) in [5, 5.41) is 12.4. The van der Waals surface area contributed by atoms with E-state index in [1.165, 1.54) is 31.4 Å². The molecule has 21 heavy (non-hydrogen) atoms. The van der Waals surface area contributed by atoms with Crippen LogP contribution in [0.25, 0.3) is 0 Å². The summed E-state index contributed by atoms with van der Waals surface area (Å²) in [6, 6.07) is 11.0. The predicted octanol–water partition coefficient (Wildman–Crippen LogP) is 2.74. The Hall–Kier alpha value is -2.82. The van der Waals surface area contributed by atoms with Crippen LogP contribution in [0.4, 0.5) is 5.69 Å². The SMILES string of the molecule is COC(=O)c1ccc(C(=O)Nc2ccc(C)cc2O)cc1. The van der Waals surface area contributed by atoms with Gasteiger partial charge in [-0.3, -0.25) is 4.79 Å². The summed E-state index contributed by atoms with van der Waals surface area (Å²) < 4.78 is 4.59. The third kappa shape index (κ3) is 3.39. The van der Waals surface area contributed by atoms with Crippen LogP contribution in [-0.4, -0.2) is 24.1 Å². The van der Waals surface area contributed by atoms with Gasteiger partial charge in [-0.2, -0.15) is 0 Å². The summed E-state index contributed by atoms with van der Waals surface area (Å²) in [4.78, 5) is 23.4. The topological polar surface area (TPSA) is 75.6 Å². The molecule has 0 radical (unpaired) electrons. The molecule has 5 heteroatoms. The van der Waals surface area contributed by atoms with Crippen molar-refractivity contribution in [3.05, 3.63) is 59.2 Å². The van der Waals surface area contributed by atoms with Crippen LogP contribution >= 0.6 is 0 Å². The molecule has 1 amide bonds. The minimum absolute atomic E-state index is 0.00882. The molecule has 108 valence electrons. The molecule has 2 aromatic carbocycles. The van der Waals surface area contributed by atoms with E-state index >= 15 is 0 Å².